The molecule has 1 aromatic carbocycles. The minimum absolute atomic E-state index is 0.0112. The molecular weight excluding hydrogens is 198 g/mol. The van der Waals surface area contributed by atoms with Gasteiger partial charge in [0.2, 0.25) is 0 Å². The molecule has 0 heterocycles. The molecule has 0 aromatic heterocycles. The predicted molar refractivity (Wildman–Crippen MR) is 69.5 cm³/mol. The van der Waals surface area contributed by atoms with Crippen LogP contribution in [0.25, 0.3) is 0 Å². The van der Waals surface area contributed by atoms with Gasteiger partial charge in [0.25, 0.3) is 0 Å². The maximum absolute atomic E-state index is 13.2. The molecule has 0 aliphatic heterocycles. The Labute approximate surface area is 99.5 Å². The van der Waals surface area contributed by atoms with E-state index in [0.717, 1.165) is 18.3 Å². The van der Waals surface area contributed by atoms with Crippen LogP contribution in [0.5, 0.6) is 0 Å². The number of halogens is 1. The van der Waals surface area contributed by atoms with Gasteiger partial charge >= 0.3 is 0 Å². The lowest BCUT2D eigenvalue weighted by Crippen LogP contribution is -2.28. The van der Waals surface area contributed by atoms with E-state index in [1.165, 1.54) is 18.9 Å². The third-order valence-corrected chi connectivity index (χ3v) is 3.37. The highest BCUT2D eigenvalue weighted by molar-refractivity contribution is 6.40. The molecule has 1 radical (unpaired) electrons. The summed E-state index contributed by atoms with van der Waals surface area (Å²) in [5, 5.41) is 0.0112. The van der Waals surface area contributed by atoms with Gasteiger partial charge in [-0.25, -0.2) is 4.39 Å². The van der Waals surface area contributed by atoms with Crippen LogP contribution in [-0.4, -0.2) is 7.28 Å². The molecule has 0 saturated heterocycles. The summed E-state index contributed by atoms with van der Waals surface area (Å²) < 4.78 is 13.2. The van der Waals surface area contributed by atoms with Crippen molar-refractivity contribution in [3.63, 3.8) is 0 Å². The van der Waals surface area contributed by atoms with Crippen molar-refractivity contribution in [1.29, 1.82) is 0 Å². The molecule has 0 amide bonds. The first-order chi connectivity index (χ1) is 7.62. The summed E-state index contributed by atoms with van der Waals surface area (Å²) in [6.45, 7) is 6.55. The Balaban J connectivity index is 2.78. The highest BCUT2D eigenvalue weighted by atomic mass is 19.1. The fourth-order valence-corrected chi connectivity index (χ4v) is 1.93. The maximum Gasteiger partial charge on any atom is 0.123 e. The van der Waals surface area contributed by atoms with Crippen molar-refractivity contribution in [2.45, 2.75) is 51.7 Å². The molecule has 0 saturated carbocycles. The number of unbranched alkanes of at least 4 members (excludes halogenated alkanes) is 1. The van der Waals surface area contributed by atoms with Crippen LogP contribution in [0.3, 0.4) is 0 Å². The summed E-state index contributed by atoms with van der Waals surface area (Å²) in [5.41, 5.74) is 1.09. The molecule has 0 fully saturated rings. The molecule has 0 aliphatic carbocycles. The van der Waals surface area contributed by atoms with Gasteiger partial charge in [0.05, 0.1) is 0 Å². The molecule has 16 heavy (non-hydrogen) atoms. The molecule has 0 bridgehead atoms. The van der Waals surface area contributed by atoms with Gasteiger partial charge in [-0.1, -0.05) is 58.5 Å². The van der Waals surface area contributed by atoms with Crippen LogP contribution in [0, 0.1) is 5.82 Å². The van der Waals surface area contributed by atoms with Gasteiger partial charge in [0, 0.05) is 0 Å². The van der Waals surface area contributed by atoms with E-state index in [4.69, 9.17) is 0 Å². The Hall–Kier alpha value is -0.785. The molecule has 0 nitrogen and oxygen atoms in total. The second kappa shape index (κ2) is 6.07. The summed E-state index contributed by atoms with van der Waals surface area (Å²) in [5.74, 6) is -0.138. The summed E-state index contributed by atoms with van der Waals surface area (Å²) in [7, 11) is 2.34. The monoisotopic (exact) mass is 219 g/mol. The van der Waals surface area contributed by atoms with Crippen molar-refractivity contribution in [2.75, 3.05) is 0 Å². The average molecular weight is 219 g/mol. The Kier molecular flexibility index (Phi) is 5.04. The first kappa shape index (κ1) is 13.3. The van der Waals surface area contributed by atoms with Gasteiger partial charge < -0.3 is 0 Å². The van der Waals surface area contributed by atoms with E-state index in [0.29, 0.717) is 0 Å². The third-order valence-electron chi connectivity index (χ3n) is 3.37. The molecule has 2 heteroatoms. The van der Waals surface area contributed by atoms with Crippen molar-refractivity contribution in [3.8, 4) is 0 Å². The van der Waals surface area contributed by atoms with Crippen molar-refractivity contribution < 1.29 is 4.39 Å². The lowest BCUT2D eigenvalue weighted by molar-refractivity contribution is 0.599. The summed E-state index contributed by atoms with van der Waals surface area (Å²) in [4.78, 5) is 0. The summed E-state index contributed by atoms with van der Waals surface area (Å²) in [6, 6.07) is 6.98. The van der Waals surface area contributed by atoms with Crippen LogP contribution in [0.1, 0.15) is 45.6 Å². The average Bonchev–Trinajstić information content (AvgIpc) is 2.29. The number of hydrogen-bond acceptors (Lipinski definition) is 0. The van der Waals surface area contributed by atoms with Gasteiger partial charge in [-0.3, -0.25) is 0 Å². The third kappa shape index (κ3) is 3.36. The molecule has 0 aliphatic rings. The SMILES string of the molecule is CCCC[B]C(C)(CC)c1cccc(F)c1. The van der Waals surface area contributed by atoms with Crippen LogP contribution in [-0.2, 0) is 5.31 Å². The molecule has 0 N–H and O–H groups in total. The molecule has 0 spiro atoms. The molecule has 1 aromatic rings. The molecular formula is C14H21BF. The van der Waals surface area contributed by atoms with E-state index in [9.17, 15) is 4.39 Å². The number of benzene rings is 1. The maximum atomic E-state index is 13.2. The first-order valence-electron chi connectivity index (χ1n) is 6.23. The van der Waals surface area contributed by atoms with Crippen LogP contribution >= 0.6 is 0 Å². The summed E-state index contributed by atoms with van der Waals surface area (Å²) >= 11 is 0. The normalized spacial score (nSPS) is 14.5. The zero-order valence-corrected chi connectivity index (χ0v) is 10.6. The second-order valence-electron chi connectivity index (χ2n) is 4.63. The molecule has 1 unspecified atom stereocenters. The van der Waals surface area contributed by atoms with E-state index in [2.05, 4.69) is 28.1 Å². The minimum atomic E-state index is -0.138. The molecule has 1 rings (SSSR count). The highest BCUT2D eigenvalue weighted by Crippen LogP contribution is 2.28. The number of rotatable bonds is 6. The van der Waals surface area contributed by atoms with Gasteiger partial charge in [0.15, 0.2) is 0 Å². The standard InChI is InChI=1S/C14H21BF/c1-4-6-10-15-14(3,5-2)12-8-7-9-13(16)11-12/h7-9,11H,4-6,10H2,1-3H3. The van der Waals surface area contributed by atoms with Gasteiger partial charge in [-0.2, -0.15) is 0 Å². The fourth-order valence-electron chi connectivity index (χ4n) is 1.93. The molecule has 1 atom stereocenters. The van der Waals surface area contributed by atoms with Crippen LogP contribution in [0.4, 0.5) is 4.39 Å². The fraction of sp³-hybridized carbons (Fsp3) is 0.571. The van der Waals surface area contributed by atoms with Crippen LogP contribution in [0.2, 0.25) is 6.32 Å². The van der Waals surface area contributed by atoms with E-state index in [1.807, 2.05) is 6.07 Å². The van der Waals surface area contributed by atoms with Crippen LogP contribution < -0.4 is 0 Å². The van der Waals surface area contributed by atoms with E-state index in [-0.39, 0.29) is 11.1 Å². The summed E-state index contributed by atoms with van der Waals surface area (Å²) in [6.07, 6.45) is 4.54. The highest BCUT2D eigenvalue weighted by Gasteiger charge is 2.24. The smallest absolute Gasteiger partial charge is 0.123 e. The first-order valence-corrected chi connectivity index (χ1v) is 6.23. The molecule has 87 valence electrons. The van der Waals surface area contributed by atoms with Gasteiger partial charge in [0.1, 0.15) is 13.1 Å². The van der Waals surface area contributed by atoms with E-state index < -0.39 is 0 Å². The van der Waals surface area contributed by atoms with Gasteiger partial charge in [-0.05, 0) is 23.0 Å². The minimum Gasteiger partial charge on any atom is -0.207 e. The van der Waals surface area contributed by atoms with Gasteiger partial charge in [-0.15, -0.1) is 0 Å². The Morgan fingerprint density at radius 2 is 2.06 bits per heavy atom. The largest absolute Gasteiger partial charge is 0.207 e. The Morgan fingerprint density at radius 3 is 2.62 bits per heavy atom. The second-order valence-corrected chi connectivity index (χ2v) is 4.63. The van der Waals surface area contributed by atoms with Crippen molar-refractivity contribution in [2.24, 2.45) is 0 Å². The quantitative estimate of drug-likeness (QED) is 0.492. The zero-order valence-electron chi connectivity index (χ0n) is 10.6. The van der Waals surface area contributed by atoms with Crippen molar-refractivity contribution in [1.82, 2.24) is 0 Å². The Morgan fingerprint density at radius 1 is 1.31 bits per heavy atom. The van der Waals surface area contributed by atoms with Crippen LogP contribution in [0.15, 0.2) is 24.3 Å². The predicted octanol–water partition coefficient (Wildman–Crippen LogP) is 4.37. The topological polar surface area (TPSA) is 0 Å². The lowest BCUT2D eigenvalue weighted by atomic mass is 9.47. The van der Waals surface area contributed by atoms with E-state index >= 15 is 0 Å². The zero-order chi connectivity index (χ0) is 12.0. The number of hydrogen-bond donors (Lipinski definition) is 0. The lowest BCUT2D eigenvalue weighted by Gasteiger charge is -2.28. The Bertz CT molecular complexity index is 324. The van der Waals surface area contributed by atoms with E-state index in [1.54, 1.807) is 12.1 Å². The van der Waals surface area contributed by atoms with Crippen molar-refractivity contribution >= 4 is 7.28 Å². The van der Waals surface area contributed by atoms with Crippen molar-refractivity contribution in [3.05, 3.63) is 35.6 Å².